The lowest BCUT2D eigenvalue weighted by Crippen LogP contribution is -2.55. The molecule has 10 heteroatoms. The Kier molecular flexibility index (Phi) is 8.65. The third-order valence-electron chi connectivity index (χ3n) is 6.03. The van der Waals surface area contributed by atoms with Crippen LogP contribution in [-0.4, -0.2) is 50.5 Å². The Bertz CT molecular complexity index is 1390. The first-order valence-electron chi connectivity index (χ1n) is 12.8. The van der Waals surface area contributed by atoms with E-state index in [1.54, 1.807) is 27.0 Å². The van der Waals surface area contributed by atoms with Gasteiger partial charge in [0.25, 0.3) is 0 Å². The number of carbonyl (C=O) groups excluding carboxylic acids is 3. The van der Waals surface area contributed by atoms with Crippen molar-refractivity contribution in [3.8, 4) is 0 Å². The van der Waals surface area contributed by atoms with Crippen LogP contribution in [0.2, 0.25) is 0 Å². The van der Waals surface area contributed by atoms with E-state index in [2.05, 4.69) is 30.9 Å². The van der Waals surface area contributed by atoms with Crippen LogP contribution in [0, 0.1) is 0 Å². The van der Waals surface area contributed by atoms with Crippen LogP contribution in [-0.2, 0) is 33.7 Å². The van der Waals surface area contributed by atoms with E-state index in [1.165, 1.54) is 6.33 Å². The number of nitrogens with one attached hydrogen (secondary N) is 5. The summed E-state index contributed by atoms with van der Waals surface area (Å²) in [5.74, 6) is -0.865. The molecular formula is C29H34N6O4. The van der Waals surface area contributed by atoms with Crippen molar-refractivity contribution in [1.82, 2.24) is 30.9 Å². The van der Waals surface area contributed by atoms with Gasteiger partial charge in [0.15, 0.2) is 0 Å². The zero-order chi connectivity index (χ0) is 27.8. The minimum Gasteiger partial charge on any atom is -0.444 e. The van der Waals surface area contributed by atoms with Crippen molar-refractivity contribution in [3.63, 3.8) is 0 Å². The highest BCUT2D eigenvalue weighted by Gasteiger charge is 2.29. The van der Waals surface area contributed by atoms with Gasteiger partial charge in [-0.3, -0.25) is 9.59 Å². The Morgan fingerprint density at radius 1 is 0.897 bits per heavy atom. The lowest BCUT2D eigenvalue weighted by Gasteiger charge is -2.25. The van der Waals surface area contributed by atoms with Crippen LogP contribution in [0.3, 0.4) is 0 Å². The molecule has 5 N–H and O–H groups in total. The standard InChI is InChI=1S/C29H34N6O4/c1-29(2,3)39-28(38)35-24(13-20-16-31-23-12-8-7-11-22(20)23)27(37)34-25(14-21-17-30-18-33-21)26(36)32-15-19-9-5-4-6-10-19/h4-12,16-18,24-25,31H,13-15H2,1-3H3,(H,30,33)(H,32,36)(H,34,37)(H,35,38)/t24-,25-/m0/s1. The van der Waals surface area contributed by atoms with E-state index in [1.807, 2.05) is 60.8 Å². The van der Waals surface area contributed by atoms with E-state index in [9.17, 15) is 14.4 Å². The number of ether oxygens (including phenoxy) is 1. The van der Waals surface area contributed by atoms with Crippen molar-refractivity contribution >= 4 is 28.8 Å². The first-order valence-corrected chi connectivity index (χ1v) is 12.8. The number of fused-ring (bicyclic) bond motifs is 1. The summed E-state index contributed by atoms with van der Waals surface area (Å²) in [5.41, 5.74) is 2.64. The third-order valence-corrected chi connectivity index (χ3v) is 6.03. The highest BCUT2D eigenvalue weighted by molar-refractivity contribution is 5.92. The van der Waals surface area contributed by atoms with Crippen LogP contribution in [0.5, 0.6) is 0 Å². The summed E-state index contributed by atoms with van der Waals surface area (Å²) in [7, 11) is 0. The van der Waals surface area contributed by atoms with Crippen molar-refractivity contribution in [2.24, 2.45) is 0 Å². The molecule has 0 radical (unpaired) electrons. The summed E-state index contributed by atoms with van der Waals surface area (Å²) in [6.07, 6.45) is 4.60. The summed E-state index contributed by atoms with van der Waals surface area (Å²) in [5, 5.41) is 9.37. The lowest BCUT2D eigenvalue weighted by molar-refractivity contribution is -0.130. The average molecular weight is 531 g/mol. The van der Waals surface area contributed by atoms with E-state index in [0.29, 0.717) is 12.2 Å². The van der Waals surface area contributed by atoms with Gasteiger partial charge in [-0.15, -0.1) is 0 Å². The largest absolute Gasteiger partial charge is 0.444 e. The van der Waals surface area contributed by atoms with Crippen LogP contribution >= 0.6 is 0 Å². The number of alkyl carbamates (subject to hydrolysis) is 1. The van der Waals surface area contributed by atoms with Gasteiger partial charge in [-0.1, -0.05) is 48.5 Å². The minimum atomic E-state index is -0.995. The number of amides is 3. The summed E-state index contributed by atoms with van der Waals surface area (Å²) >= 11 is 0. The predicted octanol–water partition coefficient (Wildman–Crippen LogP) is 3.37. The van der Waals surface area contributed by atoms with Gasteiger partial charge in [-0.25, -0.2) is 9.78 Å². The maximum atomic E-state index is 13.6. The number of aromatic nitrogens is 3. The molecule has 0 aliphatic heterocycles. The van der Waals surface area contributed by atoms with Crippen molar-refractivity contribution in [1.29, 1.82) is 0 Å². The van der Waals surface area contributed by atoms with Crippen LogP contribution in [0.4, 0.5) is 4.79 Å². The molecule has 0 aliphatic rings. The van der Waals surface area contributed by atoms with E-state index >= 15 is 0 Å². The first-order chi connectivity index (χ1) is 18.7. The third kappa shape index (κ3) is 7.94. The maximum absolute atomic E-state index is 13.6. The molecule has 2 atom stereocenters. The summed E-state index contributed by atoms with van der Waals surface area (Å²) in [6.45, 7) is 5.56. The topological polar surface area (TPSA) is 141 Å². The van der Waals surface area contributed by atoms with E-state index in [0.717, 1.165) is 22.0 Å². The molecule has 0 fully saturated rings. The lowest BCUT2D eigenvalue weighted by atomic mass is 10.0. The number of hydrogen-bond acceptors (Lipinski definition) is 5. The first kappa shape index (κ1) is 27.4. The molecule has 39 heavy (non-hydrogen) atoms. The second-order valence-corrected chi connectivity index (χ2v) is 10.3. The molecule has 4 aromatic rings. The van der Waals surface area contributed by atoms with Gasteiger partial charge in [-0.2, -0.15) is 0 Å². The normalized spacial score (nSPS) is 12.9. The molecule has 0 saturated carbocycles. The van der Waals surface area contributed by atoms with Crippen LogP contribution in [0.1, 0.15) is 37.6 Å². The van der Waals surface area contributed by atoms with Crippen LogP contribution in [0.25, 0.3) is 10.9 Å². The number of hydrogen-bond donors (Lipinski definition) is 5. The number of carbonyl (C=O) groups is 3. The van der Waals surface area contributed by atoms with E-state index in [-0.39, 0.29) is 18.7 Å². The van der Waals surface area contributed by atoms with Gasteiger partial charge in [0.1, 0.15) is 17.7 Å². The van der Waals surface area contributed by atoms with Crippen LogP contribution < -0.4 is 16.0 Å². The Morgan fingerprint density at radius 2 is 1.62 bits per heavy atom. The van der Waals surface area contributed by atoms with E-state index < -0.39 is 29.7 Å². The highest BCUT2D eigenvalue weighted by Crippen LogP contribution is 2.19. The molecule has 2 heterocycles. The van der Waals surface area contributed by atoms with Crippen LogP contribution in [0.15, 0.2) is 73.3 Å². The smallest absolute Gasteiger partial charge is 0.408 e. The number of aromatic amines is 2. The van der Waals surface area contributed by atoms with Gasteiger partial charge in [-0.05, 0) is 38.0 Å². The Labute approximate surface area is 226 Å². The fourth-order valence-electron chi connectivity index (χ4n) is 4.19. The fraction of sp³-hybridized carbons (Fsp3) is 0.310. The van der Waals surface area contributed by atoms with Gasteiger partial charge < -0.3 is 30.7 Å². The molecule has 204 valence electrons. The van der Waals surface area contributed by atoms with Gasteiger partial charge in [0, 0.05) is 48.4 Å². The molecule has 0 saturated heterocycles. The molecule has 10 nitrogen and oxygen atoms in total. The number of benzene rings is 2. The zero-order valence-electron chi connectivity index (χ0n) is 22.3. The van der Waals surface area contributed by atoms with Crippen molar-refractivity contribution in [2.45, 2.75) is 57.8 Å². The van der Waals surface area contributed by atoms with Crippen molar-refractivity contribution < 1.29 is 19.1 Å². The van der Waals surface area contributed by atoms with Crippen molar-refractivity contribution in [3.05, 3.63) is 90.1 Å². The minimum absolute atomic E-state index is 0.192. The molecule has 0 unspecified atom stereocenters. The molecule has 2 aromatic carbocycles. The number of H-pyrrole nitrogens is 2. The summed E-state index contributed by atoms with van der Waals surface area (Å²) in [6, 6.07) is 15.3. The number of imidazole rings is 1. The second kappa shape index (κ2) is 12.3. The number of nitrogens with zero attached hydrogens (tertiary/aromatic N) is 1. The van der Waals surface area contributed by atoms with Gasteiger partial charge in [0.2, 0.25) is 11.8 Å². The Balaban J connectivity index is 1.53. The molecular weight excluding hydrogens is 496 g/mol. The molecule has 4 rings (SSSR count). The second-order valence-electron chi connectivity index (χ2n) is 10.3. The Hall–Kier alpha value is -4.60. The highest BCUT2D eigenvalue weighted by atomic mass is 16.6. The fourth-order valence-corrected chi connectivity index (χ4v) is 4.19. The van der Waals surface area contributed by atoms with Crippen molar-refractivity contribution in [2.75, 3.05) is 0 Å². The summed E-state index contributed by atoms with van der Waals surface area (Å²) in [4.78, 5) is 49.7. The maximum Gasteiger partial charge on any atom is 0.408 e. The zero-order valence-corrected chi connectivity index (χ0v) is 22.3. The molecule has 0 aliphatic carbocycles. The predicted molar refractivity (Wildman–Crippen MR) is 148 cm³/mol. The number of para-hydroxylation sites is 1. The molecule has 2 aromatic heterocycles. The average Bonchev–Trinajstić information content (AvgIpc) is 3.56. The monoisotopic (exact) mass is 530 g/mol. The molecule has 0 spiro atoms. The van der Waals surface area contributed by atoms with E-state index in [4.69, 9.17) is 4.74 Å². The van der Waals surface area contributed by atoms with Gasteiger partial charge >= 0.3 is 6.09 Å². The van der Waals surface area contributed by atoms with Gasteiger partial charge in [0.05, 0.1) is 6.33 Å². The summed E-state index contributed by atoms with van der Waals surface area (Å²) < 4.78 is 5.42. The number of rotatable bonds is 10. The molecule has 3 amide bonds. The quantitative estimate of drug-likeness (QED) is 0.214. The molecule has 0 bridgehead atoms. The SMILES string of the molecule is CC(C)(C)OC(=O)N[C@@H](Cc1c[nH]c2ccccc12)C(=O)N[C@@H](Cc1cnc[nH]1)C(=O)NCc1ccccc1. The Morgan fingerprint density at radius 3 is 2.33 bits per heavy atom.